The molecule has 4 N–H and O–H groups in total. The second kappa shape index (κ2) is 5.04. The molecule has 1 aromatic heterocycles. The summed E-state index contributed by atoms with van der Waals surface area (Å²) in [7, 11) is 0. The summed E-state index contributed by atoms with van der Waals surface area (Å²) in [6.45, 7) is 0. The zero-order valence-electron chi connectivity index (χ0n) is 10.8. The van der Waals surface area contributed by atoms with E-state index in [0.717, 1.165) is 0 Å². The first-order valence-corrected chi connectivity index (χ1v) is 6.15. The smallest absolute Gasteiger partial charge is 0.258 e. The topological polar surface area (TPSA) is 114 Å². The van der Waals surface area contributed by atoms with Crippen LogP contribution in [0.3, 0.4) is 0 Å². The van der Waals surface area contributed by atoms with Gasteiger partial charge in [-0.3, -0.25) is 14.9 Å². The lowest BCUT2D eigenvalue weighted by atomic mass is 10.1. The van der Waals surface area contributed by atoms with Crippen LogP contribution in [0.2, 0.25) is 0 Å². The molecule has 7 nitrogen and oxygen atoms in total. The number of aromatic amines is 1. The maximum Gasteiger partial charge on any atom is 0.258 e. The Kier molecular flexibility index (Phi) is 3.07. The number of carbonyl (C=O) groups is 2. The number of hydrogen-bond donors (Lipinski definition) is 3. The van der Waals surface area contributed by atoms with Gasteiger partial charge in [-0.2, -0.15) is 15.4 Å². The number of carbonyl (C=O) groups excluding carboxylic acids is 2. The summed E-state index contributed by atoms with van der Waals surface area (Å²) in [4.78, 5) is 24.0. The van der Waals surface area contributed by atoms with Crippen molar-refractivity contribution < 1.29 is 9.59 Å². The zero-order valence-corrected chi connectivity index (χ0v) is 10.8. The van der Waals surface area contributed by atoms with Crippen molar-refractivity contribution in [3.63, 3.8) is 0 Å². The highest BCUT2D eigenvalue weighted by molar-refractivity contribution is 6.11. The number of imide groups is 1. The van der Waals surface area contributed by atoms with Crippen molar-refractivity contribution in [1.29, 1.82) is 0 Å². The maximum atomic E-state index is 12.0. The summed E-state index contributed by atoms with van der Waals surface area (Å²) in [6, 6.07) is 11.1. The number of hydrogen-bond acceptors (Lipinski definition) is 5. The van der Waals surface area contributed by atoms with Crippen molar-refractivity contribution in [2.24, 2.45) is 0 Å². The fraction of sp³-hybridized carbons (Fsp3) is 0. The highest BCUT2D eigenvalue weighted by Gasteiger charge is 2.13. The molecule has 0 unspecified atom stereocenters. The summed E-state index contributed by atoms with van der Waals surface area (Å²) >= 11 is 0. The molecule has 0 radical (unpaired) electrons. The lowest BCUT2D eigenvalue weighted by molar-refractivity contribution is 0.0849. The van der Waals surface area contributed by atoms with Gasteiger partial charge in [0.1, 0.15) is 11.0 Å². The van der Waals surface area contributed by atoms with Crippen LogP contribution in [0.25, 0.3) is 11.0 Å². The molecular weight excluding hydrogens is 270 g/mol. The van der Waals surface area contributed by atoms with Gasteiger partial charge in [0, 0.05) is 16.8 Å². The van der Waals surface area contributed by atoms with Gasteiger partial charge in [0.25, 0.3) is 11.8 Å². The number of nitrogens with one attached hydrogen (secondary N) is 2. The van der Waals surface area contributed by atoms with Crippen LogP contribution in [-0.2, 0) is 0 Å². The van der Waals surface area contributed by atoms with E-state index in [1.165, 1.54) is 0 Å². The summed E-state index contributed by atoms with van der Waals surface area (Å²) < 4.78 is 0. The number of H-pyrrole nitrogens is 1. The number of fused-ring (bicyclic) bond motifs is 1. The predicted octanol–water partition coefficient (Wildman–Crippen LogP) is 1.11. The Morgan fingerprint density at radius 3 is 2.29 bits per heavy atom. The van der Waals surface area contributed by atoms with Crippen molar-refractivity contribution in [3.8, 4) is 0 Å². The number of aromatic nitrogens is 3. The van der Waals surface area contributed by atoms with Gasteiger partial charge in [0.05, 0.1) is 0 Å². The minimum absolute atomic E-state index is 0.334. The number of nitrogens with two attached hydrogens (primary N) is 1. The third-order valence-corrected chi connectivity index (χ3v) is 2.98. The first kappa shape index (κ1) is 12.8. The highest BCUT2D eigenvalue weighted by Crippen LogP contribution is 2.11. The fourth-order valence-electron chi connectivity index (χ4n) is 1.86. The van der Waals surface area contributed by atoms with E-state index in [9.17, 15) is 9.59 Å². The van der Waals surface area contributed by atoms with Crippen LogP contribution in [-0.4, -0.2) is 27.2 Å². The molecule has 0 atom stereocenters. The minimum Gasteiger partial charge on any atom is -0.399 e. The Morgan fingerprint density at radius 1 is 0.905 bits per heavy atom. The number of anilines is 1. The largest absolute Gasteiger partial charge is 0.399 e. The average molecular weight is 281 g/mol. The van der Waals surface area contributed by atoms with Gasteiger partial charge >= 0.3 is 0 Å². The molecule has 0 aliphatic heterocycles. The van der Waals surface area contributed by atoms with Crippen molar-refractivity contribution in [2.75, 3.05) is 5.73 Å². The van der Waals surface area contributed by atoms with Gasteiger partial charge < -0.3 is 5.73 Å². The minimum atomic E-state index is -0.498. The van der Waals surface area contributed by atoms with Crippen molar-refractivity contribution in [3.05, 3.63) is 53.6 Å². The second-order valence-electron chi connectivity index (χ2n) is 4.43. The van der Waals surface area contributed by atoms with Crippen LogP contribution in [0.15, 0.2) is 42.5 Å². The Hall–Kier alpha value is -3.22. The van der Waals surface area contributed by atoms with Crippen LogP contribution >= 0.6 is 0 Å². The number of rotatable bonds is 2. The quantitative estimate of drug-likeness (QED) is 0.481. The second-order valence-corrected chi connectivity index (χ2v) is 4.43. The van der Waals surface area contributed by atoms with Gasteiger partial charge in [0.15, 0.2) is 0 Å². The molecule has 0 spiro atoms. The fourth-order valence-corrected chi connectivity index (χ4v) is 1.86. The van der Waals surface area contributed by atoms with Crippen molar-refractivity contribution in [1.82, 2.24) is 20.7 Å². The zero-order chi connectivity index (χ0) is 14.8. The molecule has 1 heterocycles. The van der Waals surface area contributed by atoms with Gasteiger partial charge in [0.2, 0.25) is 0 Å². The van der Waals surface area contributed by atoms with Crippen molar-refractivity contribution in [2.45, 2.75) is 0 Å². The molecule has 0 fully saturated rings. The molecule has 7 heteroatoms. The molecule has 0 aliphatic rings. The Labute approximate surface area is 119 Å². The molecule has 0 bridgehead atoms. The number of amides is 2. The van der Waals surface area contributed by atoms with E-state index >= 15 is 0 Å². The van der Waals surface area contributed by atoms with Gasteiger partial charge in [-0.1, -0.05) is 0 Å². The van der Waals surface area contributed by atoms with E-state index in [-0.39, 0.29) is 0 Å². The van der Waals surface area contributed by atoms with E-state index < -0.39 is 11.8 Å². The third kappa shape index (κ3) is 2.57. The third-order valence-electron chi connectivity index (χ3n) is 2.98. The number of benzene rings is 2. The van der Waals surface area contributed by atoms with Crippen LogP contribution in [0.4, 0.5) is 5.69 Å². The van der Waals surface area contributed by atoms with Crippen molar-refractivity contribution >= 4 is 28.5 Å². The van der Waals surface area contributed by atoms with E-state index in [2.05, 4.69) is 20.7 Å². The van der Waals surface area contributed by atoms with Gasteiger partial charge in [-0.05, 0) is 42.5 Å². The van der Waals surface area contributed by atoms with E-state index in [1.54, 1.807) is 42.5 Å². The average Bonchev–Trinajstić information content (AvgIpc) is 2.95. The van der Waals surface area contributed by atoms with Gasteiger partial charge in [-0.25, -0.2) is 0 Å². The standard InChI is InChI=1S/C14H11N5O2/c15-10-4-1-8(2-5-10)13(20)16-14(21)9-3-6-11-12(7-9)18-19-17-11/h1-7H,15H2,(H,16,20,21)(H,17,18,19). The van der Waals surface area contributed by atoms with Gasteiger partial charge in [-0.15, -0.1) is 0 Å². The molecule has 2 aromatic carbocycles. The summed E-state index contributed by atoms with van der Waals surface area (Å²) in [6.07, 6.45) is 0. The predicted molar refractivity (Wildman–Crippen MR) is 76.5 cm³/mol. The van der Waals surface area contributed by atoms with Crippen LogP contribution in [0, 0.1) is 0 Å². The molecule has 3 aromatic rings. The molecule has 3 rings (SSSR count). The molecular formula is C14H11N5O2. The van der Waals surface area contributed by atoms with Crippen LogP contribution < -0.4 is 11.1 Å². The lowest BCUT2D eigenvalue weighted by Crippen LogP contribution is -2.30. The Balaban J connectivity index is 1.78. The molecule has 0 saturated carbocycles. The first-order chi connectivity index (χ1) is 10.1. The Bertz CT molecular complexity index is 823. The highest BCUT2D eigenvalue weighted by atomic mass is 16.2. The summed E-state index contributed by atoms with van der Waals surface area (Å²) in [5.74, 6) is -0.984. The Morgan fingerprint density at radius 2 is 1.52 bits per heavy atom. The SMILES string of the molecule is Nc1ccc(C(=O)NC(=O)c2ccc3n[nH]nc3c2)cc1. The molecule has 2 amide bonds. The molecule has 0 aliphatic carbocycles. The normalized spacial score (nSPS) is 10.5. The maximum absolute atomic E-state index is 12.0. The van der Waals surface area contributed by atoms with E-state index in [1.807, 2.05) is 0 Å². The molecule has 0 saturated heterocycles. The monoisotopic (exact) mass is 281 g/mol. The van der Waals surface area contributed by atoms with E-state index in [4.69, 9.17) is 5.73 Å². The summed E-state index contributed by atoms with van der Waals surface area (Å²) in [5, 5.41) is 12.6. The first-order valence-electron chi connectivity index (χ1n) is 6.15. The van der Waals surface area contributed by atoms with E-state index in [0.29, 0.717) is 27.8 Å². The number of nitrogen functional groups attached to an aromatic ring is 1. The van der Waals surface area contributed by atoms with Crippen LogP contribution in [0.1, 0.15) is 20.7 Å². The molecule has 21 heavy (non-hydrogen) atoms. The van der Waals surface area contributed by atoms with Crippen LogP contribution in [0.5, 0.6) is 0 Å². The number of nitrogens with zero attached hydrogens (tertiary/aromatic N) is 2. The lowest BCUT2D eigenvalue weighted by Gasteiger charge is -2.04. The molecule has 104 valence electrons. The summed E-state index contributed by atoms with van der Waals surface area (Å²) in [5.41, 5.74) is 8.00.